The van der Waals surface area contributed by atoms with E-state index in [1.54, 1.807) is 11.3 Å². The fraction of sp³-hybridized carbons (Fsp3) is 0.308. The van der Waals surface area contributed by atoms with Crippen molar-refractivity contribution in [3.63, 3.8) is 0 Å². The highest BCUT2D eigenvalue weighted by molar-refractivity contribution is 9.10. The average Bonchev–Trinajstić information content (AvgIpc) is 2.78. The lowest BCUT2D eigenvalue weighted by Crippen LogP contribution is -2.15. The second-order valence-corrected chi connectivity index (χ2v) is 5.60. The standard InChI is InChI=1S/C13H15BrN2S/c1-2-15-7-6-13-16-12(9-17-13)10-4-3-5-11(14)8-10/h3-5,8-9,15H,2,6-7H2,1H3. The molecule has 0 atom stereocenters. The van der Waals surface area contributed by atoms with Gasteiger partial charge in [0.25, 0.3) is 0 Å². The fourth-order valence-corrected chi connectivity index (χ4v) is 2.78. The SMILES string of the molecule is CCNCCc1nc(-c2cccc(Br)c2)cs1. The summed E-state index contributed by atoms with van der Waals surface area (Å²) in [5.74, 6) is 0. The predicted octanol–water partition coefficient (Wildman–Crippen LogP) is 3.72. The summed E-state index contributed by atoms with van der Waals surface area (Å²) in [6.45, 7) is 4.14. The summed E-state index contributed by atoms with van der Waals surface area (Å²) in [4.78, 5) is 4.65. The third-order valence-electron chi connectivity index (χ3n) is 2.44. The molecule has 0 bridgehead atoms. The number of rotatable bonds is 5. The number of thiazole rings is 1. The second-order valence-electron chi connectivity index (χ2n) is 3.74. The van der Waals surface area contributed by atoms with Gasteiger partial charge in [0.05, 0.1) is 10.7 Å². The van der Waals surface area contributed by atoms with Crippen LogP contribution in [0.4, 0.5) is 0 Å². The average molecular weight is 311 g/mol. The van der Waals surface area contributed by atoms with E-state index in [2.05, 4.69) is 50.7 Å². The Morgan fingerprint density at radius 3 is 3.06 bits per heavy atom. The van der Waals surface area contributed by atoms with Crippen LogP contribution < -0.4 is 5.32 Å². The molecule has 0 aliphatic heterocycles. The summed E-state index contributed by atoms with van der Waals surface area (Å²) < 4.78 is 1.09. The summed E-state index contributed by atoms with van der Waals surface area (Å²) in [6.07, 6.45) is 1.01. The van der Waals surface area contributed by atoms with Gasteiger partial charge in [0.2, 0.25) is 0 Å². The number of halogens is 1. The predicted molar refractivity (Wildman–Crippen MR) is 77.5 cm³/mol. The third kappa shape index (κ3) is 3.63. The molecule has 0 fully saturated rings. The topological polar surface area (TPSA) is 24.9 Å². The lowest BCUT2D eigenvalue weighted by Gasteiger charge is -1.98. The summed E-state index contributed by atoms with van der Waals surface area (Å²) >= 11 is 5.22. The van der Waals surface area contributed by atoms with Crippen molar-refractivity contribution < 1.29 is 0 Å². The number of hydrogen-bond acceptors (Lipinski definition) is 3. The number of benzene rings is 1. The van der Waals surface area contributed by atoms with Gasteiger partial charge < -0.3 is 5.32 Å². The van der Waals surface area contributed by atoms with E-state index in [1.807, 2.05) is 12.1 Å². The molecule has 2 aromatic rings. The van der Waals surface area contributed by atoms with E-state index in [0.717, 1.165) is 29.7 Å². The molecular formula is C13H15BrN2S. The number of aromatic nitrogens is 1. The van der Waals surface area contributed by atoms with Gasteiger partial charge in [-0.3, -0.25) is 0 Å². The molecule has 0 unspecified atom stereocenters. The van der Waals surface area contributed by atoms with Crippen LogP contribution >= 0.6 is 27.3 Å². The summed E-state index contributed by atoms with van der Waals surface area (Å²) in [7, 11) is 0. The first-order valence-corrected chi connectivity index (χ1v) is 7.38. The van der Waals surface area contributed by atoms with Crippen molar-refractivity contribution in [1.82, 2.24) is 10.3 Å². The van der Waals surface area contributed by atoms with E-state index < -0.39 is 0 Å². The summed E-state index contributed by atoms with van der Waals surface area (Å²) in [6, 6.07) is 8.26. The van der Waals surface area contributed by atoms with Gasteiger partial charge in [0.1, 0.15) is 0 Å². The van der Waals surface area contributed by atoms with Crippen molar-refractivity contribution in [2.45, 2.75) is 13.3 Å². The maximum atomic E-state index is 4.65. The third-order valence-corrected chi connectivity index (χ3v) is 3.84. The van der Waals surface area contributed by atoms with E-state index in [0.29, 0.717) is 0 Å². The highest BCUT2D eigenvalue weighted by Crippen LogP contribution is 2.24. The molecule has 0 saturated carbocycles. The zero-order chi connectivity index (χ0) is 12.1. The lowest BCUT2D eigenvalue weighted by molar-refractivity contribution is 0.714. The van der Waals surface area contributed by atoms with E-state index in [4.69, 9.17) is 0 Å². The molecular weight excluding hydrogens is 296 g/mol. The van der Waals surface area contributed by atoms with E-state index in [9.17, 15) is 0 Å². The van der Waals surface area contributed by atoms with Gasteiger partial charge in [-0.2, -0.15) is 0 Å². The van der Waals surface area contributed by atoms with Crippen molar-refractivity contribution in [2.75, 3.05) is 13.1 Å². The quantitative estimate of drug-likeness (QED) is 0.851. The second kappa shape index (κ2) is 6.28. The maximum Gasteiger partial charge on any atom is 0.0945 e. The smallest absolute Gasteiger partial charge is 0.0945 e. The molecule has 0 spiro atoms. The van der Waals surface area contributed by atoms with Crippen molar-refractivity contribution in [1.29, 1.82) is 0 Å². The monoisotopic (exact) mass is 310 g/mol. The first-order valence-electron chi connectivity index (χ1n) is 5.70. The fourth-order valence-electron chi connectivity index (χ4n) is 1.58. The molecule has 0 radical (unpaired) electrons. The minimum atomic E-state index is 1.00. The largest absolute Gasteiger partial charge is 0.317 e. The van der Waals surface area contributed by atoms with Crippen molar-refractivity contribution >= 4 is 27.3 Å². The van der Waals surface area contributed by atoms with Gasteiger partial charge in [0, 0.05) is 28.4 Å². The molecule has 2 nitrogen and oxygen atoms in total. The molecule has 90 valence electrons. The zero-order valence-electron chi connectivity index (χ0n) is 9.74. The van der Waals surface area contributed by atoms with Crippen LogP contribution in [0.3, 0.4) is 0 Å². The Morgan fingerprint density at radius 1 is 1.41 bits per heavy atom. The number of nitrogens with zero attached hydrogens (tertiary/aromatic N) is 1. The van der Waals surface area contributed by atoms with Crippen LogP contribution in [0.15, 0.2) is 34.1 Å². The zero-order valence-corrected chi connectivity index (χ0v) is 12.1. The molecule has 1 aromatic heterocycles. The van der Waals surface area contributed by atoms with Gasteiger partial charge in [-0.15, -0.1) is 11.3 Å². The molecule has 4 heteroatoms. The highest BCUT2D eigenvalue weighted by Gasteiger charge is 2.04. The molecule has 0 aliphatic carbocycles. The Kier molecular flexibility index (Phi) is 4.71. The number of hydrogen-bond donors (Lipinski definition) is 1. The van der Waals surface area contributed by atoms with E-state index in [-0.39, 0.29) is 0 Å². The van der Waals surface area contributed by atoms with Gasteiger partial charge >= 0.3 is 0 Å². The number of likely N-dealkylation sites (N-methyl/N-ethyl adjacent to an activating group) is 1. The van der Waals surface area contributed by atoms with E-state index >= 15 is 0 Å². The van der Waals surface area contributed by atoms with Crippen LogP contribution in [0, 0.1) is 0 Å². The lowest BCUT2D eigenvalue weighted by atomic mass is 10.2. The Bertz CT molecular complexity index is 482. The van der Waals surface area contributed by atoms with Crippen LogP contribution in [-0.4, -0.2) is 18.1 Å². The normalized spacial score (nSPS) is 10.7. The minimum absolute atomic E-state index is 1.00. The van der Waals surface area contributed by atoms with Gasteiger partial charge in [-0.1, -0.05) is 35.0 Å². The van der Waals surface area contributed by atoms with Crippen LogP contribution in [-0.2, 0) is 6.42 Å². The van der Waals surface area contributed by atoms with Gasteiger partial charge in [0.15, 0.2) is 0 Å². The molecule has 0 aliphatic rings. The first-order chi connectivity index (χ1) is 8.29. The molecule has 2 rings (SSSR count). The Balaban J connectivity index is 2.07. The van der Waals surface area contributed by atoms with Crippen molar-refractivity contribution in [3.8, 4) is 11.3 Å². The molecule has 17 heavy (non-hydrogen) atoms. The van der Waals surface area contributed by atoms with Crippen LogP contribution in [0.25, 0.3) is 11.3 Å². The molecule has 1 heterocycles. The molecule has 0 amide bonds. The van der Waals surface area contributed by atoms with Crippen LogP contribution in [0.2, 0.25) is 0 Å². The van der Waals surface area contributed by atoms with E-state index in [1.165, 1.54) is 10.6 Å². The first kappa shape index (κ1) is 12.7. The van der Waals surface area contributed by atoms with Gasteiger partial charge in [-0.25, -0.2) is 4.98 Å². The maximum absolute atomic E-state index is 4.65. The minimum Gasteiger partial charge on any atom is -0.317 e. The summed E-state index contributed by atoms with van der Waals surface area (Å²) in [5.41, 5.74) is 2.24. The van der Waals surface area contributed by atoms with Crippen molar-refractivity contribution in [2.24, 2.45) is 0 Å². The molecule has 1 N–H and O–H groups in total. The van der Waals surface area contributed by atoms with Gasteiger partial charge in [-0.05, 0) is 18.7 Å². The Labute approximate surface area is 114 Å². The summed E-state index contributed by atoms with van der Waals surface area (Å²) in [5, 5.41) is 6.64. The highest BCUT2D eigenvalue weighted by atomic mass is 79.9. The number of nitrogens with one attached hydrogen (secondary N) is 1. The molecule has 1 aromatic carbocycles. The molecule has 0 saturated heterocycles. The Morgan fingerprint density at radius 2 is 2.29 bits per heavy atom. The van der Waals surface area contributed by atoms with Crippen LogP contribution in [0.5, 0.6) is 0 Å². The van der Waals surface area contributed by atoms with Crippen LogP contribution in [0.1, 0.15) is 11.9 Å². The Hall–Kier alpha value is -0.710. The van der Waals surface area contributed by atoms with Crippen molar-refractivity contribution in [3.05, 3.63) is 39.1 Å².